The molecule has 0 saturated heterocycles. The van der Waals surface area contributed by atoms with Crippen molar-refractivity contribution >= 4 is 23.2 Å². The zero-order valence-corrected chi connectivity index (χ0v) is 13.9. The molecule has 0 atom stereocenters. The van der Waals surface area contributed by atoms with Crippen molar-refractivity contribution in [2.75, 3.05) is 26.1 Å². The molecule has 0 aliphatic carbocycles. The fraction of sp³-hybridized carbons (Fsp3) is 0.235. The molecule has 0 spiro atoms. The third-order valence-electron chi connectivity index (χ3n) is 3.15. The van der Waals surface area contributed by atoms with Crippen LogP contribution in [0, 0.1) is 6.92 Å². The van der Waals surface area contributed by atoms with E-state index in [1.54, 1.807) is 44.6 Å². The highest BCUT2D eigenvalue weighted by Gasteiger charge is 2.07. The second-order valence-corrected chi connectivity index (χ2v) is 5.26. The number of carbonyl (C=O) groups is 1. The molecule has 0 saturated carbocycles. The summed E-state index contributed by atoms with van der Waals surface area (Å²) in [5.74, 6) is 1.38. The van der Waals surface area contributed by atoms with E-state index >= 15 is 0 Å². The van der Waals surface area contributed by atoms with Gasteiger partial charge in [-0.3, -0.25) is 4.79 Å². The third-order valence-corrected chi connectivity index (χ3v) is 3.56. The van der Waals surface area contributed by atoms with Crippen LogP contribution in [0.25, 0.3) is 0 Å². The Bertz CT molecular complexity index is 681. The smallest absolute Gasteiger partial charge is 0.262 e. The maximum absolute atomic E-state index is 11.9. The fourth-order valence-electron chi connectivity index (χ4n) is 1.88. The van der Waals surface area contributed by atoms with Crippen LogP contribution in [0.1, 0.15) is 5.56 Å². The standard InChI is InChI=1S/C17H18ClNO4/c1-11-4-5-12(6-16(11)18)19-17(20)10-23-15-8-13(21-2)7-14(9-15)22-3/h4-9H,10H2,1-3H3,(H,19,20). The molecular weight excluding hydrogens is 318 g/mol. The molecule has 2 rings (SSSR count). The molecule has 0 bridgehead atoms. The fourth-order valence-corrected chi connectivity index (χ4v) is 2.06. The molecule has 0 unspecified atom stereocenters. The highest BCUT2D eigenvalue weighted by atomic mass is 35.5. The highest BCUT2D eigenvalue weighted by Crippen LogP contribution is 2.27. The van der Waals surface area contributed by atoms with Gasteiger partial charge >= 0.3 is 0 Å². The summed E-state index contributed by atoms with van der Waals surface area (Å²) in [5.41, 5.74) is 1.57. The molecule has 0 aromatic heterocycles. The summed E-state index contributed by atoms with van der Waals surface area (Å²) >= 11 is 6.03. The first-order chi connectivity index (χ1) is 11.0. The summed E-state index contributed by atoms with van der Waals surface area (Å²) in [5, 5.41) is 3.32. The van der Waals surface area contributed by atoms with Gasteiger partial charge in [0.2, 0.25) is 0 Å². The number of halogens is 1. The van der Waals surface area contributed by atoms with Crippen LogP contribution < -0.4 is 19.5 Å². The summed E-state index contributed by atoms with van der Waals surface area (Å²) < 4.78 is 15.8. The number of benzene rings is 2. The Morgan fingerprint density at radius 3 is 2.22 bits per heavy atom. The SMILES string of the molecule is COc1cc(OC)cc(OCC(=O)Nc2ccc(C)c(Cl)c2)c1. The average Bonchev–Trinajstić information content (AvgIpc) is 2.56. The average molecular weight is 336 g/mol. The molecule has 1 N–H and O–H groups in total. The number of nitrogens with one attached hydrogen (secondary N) is 1. The zero-order chi connectivity index (χ0) is 16.8. The Hall–Kier alpha value is -2.40. The van der Waals surface area contributed by atoms with Gasteiger partial charge in [0.15, 0.2) is 6.61 Å². The van der Waals surface area contributed by atoms with Crippen LogP contribution >= 0.6 is 11.6 Å². The van der Waals surface area contributed by atoms with E-state index in [0.29, 0.717) is 28.0 Å². The van der Waals surface area contributed by atoms with Crippen LogP contribution in [-0.2, 0) is 4.79 Å². The number of hydrogen-bond donors (Lipinski definition) is 1. The Morgan fingerprint density at radius 2 is 1.65 bits per heavy atom. The van der Waals surface area contributed by atoms with E-state index in [0.717, 1.165) is 5.56 Å². The van der Waals surface area contributed by atoms with Gasteiger partial charge in [-0.25, -0.2) is 0 Å². The number of hydrogen-bond acceptors (Lipinski definition) is 4. The van der Waals surface area contributed by atoms with E-state index in [2.05, 4.69) is 5.32 Å². The molecule has 122 valence electrons. The van der Waals surface area contributed by atoms with Crippen molar-refractivity contribution in [2.24, 2.45) is 0 Å². The second-order valence-electron chi connectivity index (χ2n) is 4.85. The number of carbonyl (C=O) groups excluding carboxylic acids is 1. The Morgan fingerprint density at radius 1 is 1.04 bits per heavy atom. The lowest BCUT2D eigenvalue weighted by atomic mass is 10.2. The molecular formula is C17H18ClNO4. The summed E-state index contributed by atoms with van der Waals surface area (Å²) in [6.07, 6.45) is 0. The lowest BCUT2D eigenvalue weighted by Crippen LogP contribution is -2.20. The van der Waals surface area contributed by atoms with E-state index in [9.17, 15) is 4.79 Å². The molecule has 0 heterocycles. The monoisotopic (exact) mass is 335 g/mol. The normalized spacial score (nSPS) is 10.1. The molecule has 2 aromatic carbocycles. The van der Waals surface area contributed by atoms with E-state index in [1.165, 1.54) is 0 Å². The predicted octanol–water partition coefficient (Wildman–Crippen LogP) is 3.68. The minimum Gasteiger partial charge on any atom is -0.496 e. The summed E-state index contributed by atoms with van der Waals surface area (Å²) in [6.45, 7) is 1.76. The zero-order valence-electron chi connectivity index (χ0n) is 13.2. The number of rotatable bonds is 6. The van der Waals surface area contributed by atoms with Crippen molar-refractivity contribution in [1.82, 2.24) is 0 Å². The number of aryl methyl sites for hydroxylation is 1. The van der Waals surface area contributed by atoms with Crippen molar-refractivity contribution < 1.29 is 19.0 Å². The van der Waals surface area contributed by atoms with Crippen molar-refractivity contribution in [3.8, 4) is 17.2 Å². The lowest BCUT2D eigenvalue weighted by Gasteiger charge is -2.11. The van der Waals surface area contributed by atoms with Crippen molar-refractivity contribution in [2.45, 2.75) is 6.92 Å². The molecule has 0 radical (unpaired) electrons. The summed E-state index contributed by atoms with van der Waals surface area (Å²) in [4.78, 5) is 11.9. The van der Waals surface area contributed by atoms with Crippen LogP contribution in [0.3, 0.4) is 0 Å². The summed E-state index contributed by atoms with van der Waals surface area (Å²) in [7, 11) is 3.10. The Balaban J connectivity index is 1.97. The number of amides is 1. The van der Waals surface area contributed by atoms with Gasteiger partial charge in [-0.05, 0) is 24.6 Å². The van der Waals surface area contributed by atoms with Crippen LogP contribution in [0.4, 0.5) is 5.69 Å². The molecule has 0 aliphatic heterocycles. The minimum atomic E-state index is -0.285. The molecule has 2 aromatic rings. The lowest BCUT2D eigenvalue weighted by molar-refractivity contribution is -0.118. The molecule has 0 aliphatic rings. The van der Waals surface area contributed by atoms with E-state index in [4.69, 9.17) is 25.8 Å². The first kappa shape index (κ1) is 17.0. The molecule has 23 heavy (non-hydrogen) atoms. The molecule has 1 amide bonds. The molecule has 5 nitrogen and oxygen atoms in total. The quantitative estimate of drug-likeness (QED) is 0.874. The first-order valence-electron chi connectivity index (χ1n) is 6.93. The maximum atomic E-state index is 11.9. The van der Waals surface area contributed by atoms with Crippen molar-refractivity contribution in [1.29, 1.82) is 0 Å². The third kappa shape index (κ3) is 4.79. The highest BCUT2D eigenvalue weighted by molar-refractivity contribution is 6.31. The van der Waals surface area contributed by atoms with Gasteiger partial charge in [0, 0.05) is 28.9 Å². The number of ether oxygens (including phenoxy) is 3. The van der Waals surface area contributed by atoms with Crippen LogP contribution in [0.15, 0.2) is 36.4 Å². The van der Waals surface area contributed by atoms with Gasteiger partial charge in [0.1, 0.15) is 17.2 Å². The van der Waals surface area contributed by atoms with Gasteiger partial charge in [-0.1, -0.05) is 17.7 Å². The van der Waals surface area contributed by atoms with Crippen LogP contribution in [0.2, 0.25) is 5.02 Å². The van der Waals surface area contributed by atoms with Gasteiger partial charge in [-0.2, -0.15) is 0 Å². The van der Waals surface area contributed by atoms with E-state index in [-0.39, 0.29) is 12.5 Å². The van der Waals surface area contributed by atoms with Gasteiger partial charge in [0.05, 0.1) is 14.2 Å². The van der Waals surface area contributed by atoms with E-state index in [1.807, 2.05) is 13.0 Å². The Labute approximate surface area is 140 Å². The topological polar surface area (TPSA) is 56.8 Å². The Kier molecular flexibility index (Phi) is 5.71. The van der Waals surface area contributed by atoms with Gasteiger partial charge in [-0.15, -0.1) is 0 Å². The molecule has 6 heteroatoms. The van der Waals surface area contributed by atoms with Gasteiger partial charge < -0.3 is 19.5 Å². The summed E-state index contributed by atoms with van der Waals surface area (Å²) in [6, 6.07) is 10.4. The van der Waals surface area contributed by atoms with Crippen LogP contribution in [-0.4, -0.2) is 26.7 Å². The second kappa shape index (κ2) is 7.74. The first-order valence-corrected chi connectivity index (χ1v) is 7.31. The van der Waals surface area contributed by atoms with E-state index < -0.39 is 0 Å². The predicted molar refractivity (Wildman–Crippen MR) is 89.9 cm³/mol. The number of methoxy groups -OCH3 is 2. The largest absolute Gasteiger partial charge is 0.496 e. The van der Waals surface area contributed by atoms with Crippen molar-refractivity contribution in [3.05, 3.63) is 47.0 Å². The number of anilines is 1. The van der Waals surface area contributed by atoms with Gasteiger partial charge in [0.25, 0.3) is 5.91 Å². The van der Waals surface area contributed by atoms with Crippen molar-refractivity contribution in [3.63, 3.8) is 0 Å². The maximum Gasteiger partial charge on any atom is 0.262 e. The van der Waals surface area contributed by atoms with Crippen LogP contribution in [0.5, 0.6) is 17.2 Å². The molecule has 0 fully saturated rings. The minimum absolute atomic E-state index is 0.137.